The minimum absolute atomic E-state index is 0.103. The van der Waals surface area contributed by atoms with Crippen LogP contribution in [0.15, 0.2) is 6.20 Å². The van der Waals surface area contributed by atoms with Gasteiger partial charge < -0.3 is 9.84 Å². The Labute approximate surface area is 126 Å². The summed E-state index contributed by atoms with van der Waals surface area (Å²) in [6.07, 6.45) is 4.19. The number of rotatable bonds is 4. The van der Waals surface area contributed by atoms with E-state index in [0.717, 1.165) is 18.5 Å². The maximum Gasteiger partial charge on any atom is 0.108 e. The van der Waals surface area contributed by atoms with Gasteiger partial charge in [-0.25, -0.2) is 0 Å². The Bertz CT molecular complexity index is 472. The van der Waals surface area contributed by atoms with Gasteiger partial charge in [-0.2, -0.15) is 5.10 Å². The molecule has 0 amide bonds. The summed E-state index contributed by atoms with van der Waals surface area (Å²) in [5.74, 6) is 0.464. The fourth-order valence-electron chi connectivity index (χ4n) is 3.88. The van der Waals surface area contributed by atoms with E-state index >= 15 is 0 Å². The minimum atomic E-state index is -0.900. The summed E-state index contributed by atoms with van der Waals surface area (Å²) in [6.45, 7) is 7.76. The fourth-order valence-corrected chi connectivity index (χ4v) is 4.20. The van der Waals surface area contributed by atoms with Gasteiger partial charge in [-0.1, -0.05) is 32.4 Å². The molecule has 1 aromatic rings. The molecule has 20 heavy (non-hydrogen) atoms. The third kappa shape index (κ3) is 3.18. The standard InChI is InChI=1S/C15H25ClN2O2/c1-11-7-14(2,3)10-15(19,8-11)13-12(16)9-17-18(13)5-6-20-4/h9,11,19H,5-8,10H2,1-4H3. The molecular weight excluding hydrogens is 276 g/mol. The molecule has 1 aliphatic rings. The van der Waals surface area contributed by atoms with E-state index in [9.17, 15) is 5.11 Å². The Balaban J connectivity index is 2.35. The smallest absolute Gasteiger partial charge is 0.108 e. The van der Waals surface area contributed by atoms with Crippen molar-refractivity contribution in [2.24, 2.45) is 11.3 Å². The lowest BCUT2D eigenvalue weighted by Crippen LogP contribution is -2.41. The molecule has 0 radical (unpaired) electrons. The highest BCUT2D eigenvalue weighted by Crippen LogP contribution is 2.49. The molecule has 4 nitrogen and oxygen atoms in total. The SMILES string of the molecule is COCCn1ncc(Cl)c1C1(O)CC(C)CC(C)(C)C1. The molecule has 114 valence electrons. The second-order valence-electron chi connectivity index (χ2n) is 6.94. The van der Waals surface area contributed by atoms with Gasteiger partial charge in [-0.15, -0.1) is 0 Å². The molecule has 0 aromatic carbocycles. The summed E-state index contributed by atoms with van der Waals surface area (Å²) in [5, 5.41) is 16.1. The normalized spacial score (nSPS) is 29.6. The van der Waals surface area contributed by atoms with Crippen molar-refractivity contribution in [1.29, 1.82) is 0 Å². The highest BCUT2D eigenvalue weighted by Gasteiger charge is 2.45. The first-order valence-electron chi connectivity index (χ1n) is 7.20. The van der Waals surface area contributed by atoms with Crippen LogP contribution in [0.3, 0.4) is 0 Å². The van der Waals surface area contributed by atoms with E-state index in [4.69, 9.17) is 16.3 Å². The summed E-state index contributed by atoms with van der Waals surface area (Å²) in [7, 11) is 1.66. The van der Waals surface area contributed by atoms with Crippen LogP contribution in [-0.4, -0.2) is 28.6 Å². The summed E-state index contributed by atoms with van der Waals surface area (Å²) < 4.78 is 6.90. The van der Waals surface area contributed by atoms with E-state index < -0.39 is 5.60 Å². The van der Waals surface area contributed by atoms with Gasteiger partial charge in [0, 0.05) is 7.11 Å². The van der Waals surface area contributed by atoms with Crippen molar-refractivity contribution < 1.29 is 9.84 Å². The van der Waals surface area contributed by atoms with Crippen LogP contribution in [0.4, 0.5) is 0 Å². The maximum atomic E-state index is 11.2. The molecule has 1 saturated carbocycles. The topological polar surface area (TPSA) is 47.3 Å². The molecule has 2 unspecified atom stereocenters. The Morgan fingerprint density at radius 1 is 1.50 bits per heavy atom. The predicted molar refractivity (Wildman–Crippen MR) is 79.8 cm³/mol. The van der Waals surface area contributed by atoms with Gasteiger partial charge in [-0.3, -0.25) is 4.68 Å². The van der Waals surface area contributed by atoms with E-state index in [1.54, 1.807) is 18.0 Å². The van der Waals surface area contributed by atoms with Gasteiger partial charge in [0.15, 0.2) is 0 Å². The molecule has 1 heterocycles. The fraction of sp³-hybridized carbons (Fsp3) is 0.800. The molecule has 2 atom stereocenters. The molecule has 1 aliphatic carbocycles. The number of halogens is 1. The summed E-state index contributed by atoms with van der Waals surface area (Å²) >= 11 is 6.30. The lowest BCUT2D eigenvalue weighted by molar-refractivity contribution is -0.0697. The molecule has 5 heteroatoms. The van der Waals surface area contributed by atoms with Crippen molar-refractivity contribution in [2.75, 3.05) is 13.7 Å². The number of methoxy groups -OCH3 is 1. The van der Waals surface area contributed by atoms with Crippen LogP contribution in [0.5, 0.6) is 0 Å². The molecule has 0 bridgehead atoms. The zero-order valence-corrected chi connectivity index (χ0v) is 13.6. The molecule has 0 aliphatic heterocycles. The third-order valence-electron chi connectivity index (χ3n) is 4.10. The monoisotopic (exact) mass is 300 g/mol. The summed E-state index contributed by atoms with van der Waals surface area (Å²) in [4.78, 5) is 0. The van der Waals surface area contributed by atoms with Gasteiger partial charge in [0.2, 0.25) is 0 Å². The van der Waals surface area contributed by atoms with E-state index in [1.165, 1.54) is 0 Å². The zero-order chi connectivity index (χ0) is 15.0. The number of ether oxygens (including phenoxy) is 1. The summed E-state index contributed by atoms with van der Waals surface area (Å²) in [6, 6.07) is 0. The van der Waals surface area contributed by atoms with Crippen molar-refractivity contribution in [1.82, 2.24) is 9.78 Å². The third-order valence-corrected chi connectivity index (χ3v) is 4.38. The highest BCUT2D eigenvalue weighted by molar-refractivity contribution is 6.31. The van der Waals surface area contributed by atoms with Crippen LogP contribution in [0.1, 0.15) is 45.7 Å². The number of nitrogens with zero attached hydrogens (tertiary/aromatic N) is 2. The lowest BCUT2D eigenvalue weighted by atomic mass is 9.65. The van der Waals surface area contributed by atoms with Crippen LogP contribution in [0.25, 0.3) is 0 Å². The van der Waals surface area contributed by atoms with E-state index in [-0.39, 0.29) is 5.41 Å². The van der Waals surface area contributed by atoms with Gasteiger partial charge >= 0.3 is 0 Å². The van der Waals surface area contributed by atoms with Gasteiger partial charge in [0.25, 0.3) is 0 Å². The van der Waals surface area contributed by atoms with Crippen LogP contribution >= 0.6 is 11.6 Å². The molecule has 1 N–H and O–H groups in total. The summed E-state index contributed by atoms with van der Waals surface area (Å²) in [5.41, 5.74) is -0.0509. The first-order valence-corrected chi connectivity index (χ1v) is 7.58. The van der Waals surface area contributed by atoms with E-state index in [0.29, 0.717) is 30.5 Å². The van der Waals surface area contributed by atoms with Crippen LogP contribution < -0.4 is 0 Å². The molecule has 0 saturated heterocycles. The maximum absolute atomic E-state index is 11.2. The molecule has 2 rings (SSSR count). The van der Waals surface area contributed by atoms with Crippen LogP contribution in [0, 0.1) is 11.3 Å². The number of hydrogen-bond donors (Lipinski definition) is 1. The largest absolute Gasteiger partial charge is 0.383 e. The predicted octanol–water partition coefficient (Wildman–Crippen LogP) is 3.22. The van der Waals surface area contributed by atoms with Crippen molar-refractivity contribution in [3.8, 4) is 0 Å². The molecule has 0 spiro atoms. The Morgan fingerprint density at radius 3 is 2.80 bits per heavy atom. The first kappa shape index (κ1) is 15.8. The van der Waals surface area contributed by atoms with Crippen molar-refractivity contribution >= 4 is 11.6 Å². The van der Waals surface area contributed by atoms with Crippen molar-refractivity contribution in [3.05, 3.63) is 16.9 Å². The molecular formula is C15H25ClN2O2. The zero-order valence-electron chi connectivity index (χ0n) is 12.8. The minimum Gasteiger partial charge on any atom is -0.383 e. The van der Waals surface area contributed by atoms with Gasteiger partial charge in [0.05, 0.1) is 30.1 Å². The average molecular weight is 301 g/mol. The second-order valence-corrected chi connectivity index (χ2v) is 7.35. The quantitative estimate of drug-likeness (QED) is 0.929. The van der Waals surface area contributed by atoms with Crippen molar-refractivity contribution in [2.45, 2.75) is 52.2 Å². The highest BCUT2D eigenvalue weighted by atomic mass is 35.5. The Hall–Kier alpha value is -0.580. The number of aliphatic hydroxyl groups is 1. The Kier molecular flexibility index (Phi) is 4.47. The van der Waals surface area contributed by atoms with Crippen molar-refractivity contribution in [3.63, 3.8) is 0 Å². The lowest BCUT2D eigenvalue weighted by Gasteiger charge is -2.44. The molecule has 1 fully saturated rings. The van der Waals surface area contributed by atoms with Gasteiger partial charge in [0.1, 0.15) is 5.60 Å². The number of hydrogen-bond acceptors (Lipinski definition) is 3. The van der Waals surface area contributed by atoms with E-state index in [2.05, 4.69) is 25.9 Å². The first-order chi connectivity index (χ1) is 9.27. The molecule has 1 aromatic heterocycles. The van der Waals surface area contributed by atoms with E-state index in [1.807, 2.05) is 0 Å². The Morgan fingerprint density at radius 2 is 2.20 bits per heavy atom. The van der Waals surface area contributed by atoms with Crippen LogP contribution in [-0.2, 0) is 16.9 Å². The van der Waals surface area contributed by atoms with Gasteiger partial charge in [-0.05, 0) is 30.6 Å². The average Bonchev–Trinajstić information content (AvgIpc) is 2.65. The van der Waals surface area contributed by atoms with Crippen LogP contribution in [0.2, 0.25) is 5.02 Å². The number of aromatic nitrogens is 2. The second kappa shape index (κ2) is 5.66.